The van der Waals surface area contributed by atoms with Crippen molar-refractivity contribution in [1.82, 2.24) is 4.90 Å². The highest BCUT2D eigenvalue weighted by Gasteiger charge is 2.38. The lowest BCUT2D eigenvalue weighted by Gasteiger charge is -2.40. The zero-order valence-electron chi connectivity index (χ0n) is 11.1. The van der Waals surface area contributed by atoms with Crippen LogP contribution in [0.3, 0.4) is 0 Å². The van der Waals surface area contributed by atoms with Gasteiger partial charge in [-0.05, 0) is 12.1 Å². The van der Waals surface area contributed by atoms with E-state index in [1.165, 1.54) is 0 Å². The molecular formula is C15H15NO4. The minimum absolute atomic E-state index is 0.0285. The van der Waals surface area contributed by atoms with Gasteiger partial charge in [0.05, 0.1) is 5.92 Å². The van der Waals surface area contributed by atoms with E-state index in [9.17, 15) is 9.59 Å². The lowest BCUT2D eigenvalue weighted by atomic mass is 9.87. The van der Waals surface area contributed by atoms with Gasteiger partial charge >= 0.3 is 5.97 Å². The molecule has 1 fully saturated rings. The molecule has 104 valence electrons. The first kappa shape index (κ1) is 12.7. The number of hydrogen-bond acceptors (Lipinski definition) is 3. The molecule has 1 aromatic carbocycles. The molecule has 1 unspecified atom stereocenters. The summed E-state index contributed by atoms with van der Waals surface area (Å²) in [5.41, 5.74) is 0.687. The molecule has 2 heterocycles. The standard InChI is InChI=1S/C15H15NO4/c1-9(15(18)19)11-7-16(8-11)14(17)13-6-10-4-2-3-5-12(10)20-13/h2-6,9,11H,7-8H2,1H3,(H,18,19). The summed E-state index contributed by atoms with van der Waals surface area (Å²) in [5.74, 6) is -1.07. The summed E-state index contributed by atoms with van der Waals surface area (Å²) in [5, 5.41) is 9.83. The van der Waals surface area contributed by atoms with Crippen LogP contribution in [0.15, 0.2) is 34.7 Å². The van der Waals surface area contributed by atoms with Gasteiger partial charge in [0.1, 0.15) is 5.58 Å². The van der Waals surface area contributed by atoms with Crippen LogP contribution in [0.4, 0.5) is 0 Å². The zero-order chi connectivity index (χ0) is 14.3. The van der Waals surface area contributed by atoms with E-state index in [1.54, 1.807) is 17.9 Å². The number of carboxylic acid groups (broad SMARTS) is 1. The third-order valence-corrected chi connectivity index (χ3v) is 3.93. The molecule has 2 aromatic rings. The molecule has 1 saturated heterocycles. The van der Waals surface area contributed by atoms with E-state index in [4.69, 9.17) is 9.52 Å². The van der Waals surface area contributed by atoms with Crippen LogP contribution in [0, 0.1) is 11.8 Å². The van der Waals surface area contributed by atoms with Gasteiger partial charge < -0.3 is 14.4 Å². The number of carboxylic acids is 1. The van der Waals surface area contributed by atoms with Crippen molar-refractivity contribution in [3.63, 3.8) is 0 Å². The summed E-state index contributed by atoms with van der Waals surface area (Å²) in [7, 11) is 0. The van der Waals surface area contributed by atoms with Gasteiger partial charge in [0.25, 0.3) is 5.91 Å². The summed E-state index contributed by atoms with van der Waals surface area (Å²) >= 11 is 0. The van der Waals surface area contributed by atoms with Crippen LogP contribution in [-0.2, 0) is 4.79 Å². The maximum absolute atomic E-state index is 12.2. The smallest absolute Gasteiger partial charge is 0.306 e. The number of furan rings is 1. The Morgan fingerprint density at radius 2 is 2.05 bits per heavy atom. The van der Waals surface area contributed by atoms with Gasteiger partial charge in [-0.1, -0.05) is 25.1 Å². The lowest BCUT2D eigenvalue weighted by Crippen LogP contribution is -2.53. The topological polar surface area (TPSA) is 70.8 Å². The van der Waals surface area contributed by atoms with E-state index in [0.29, 0.717) is 24.4 Å². The molecule has 1 atom stereocenters. The van der Waals surface area contributed by atoms with E-state index in [1.807, 2.05) is 24.3 Å². The molecule has 0 radical (unpaired) electrons. The van der Waals surface area contributed by atoms with E-state index in [0.717, 1.165) is 5.39 Å². The third-order valence-electron chi connectivity index (χ3n) is 3.93. The van der Waals surface area contributed by atoms with Crippen LogP contribution in [0.1, 0.15) is 17.5 Å². The van der Waals surface area contributed by atoms with Crippen LogP contribution in [0.2, 0.25) is 0 Å². The number of aliphatic carboxylic acids is 1. The Bertz CT molecular complexity index is 636. The van der Waals surface area contributed by atoms with Gasteiger partial charge in [-0.25, -0.2) is 0 Å². The van der Waals surface area contributed by atoms with E-state index in [2.05, 4.69) is 0 Å². The maximum Gasteiger partial charge on any atom is 0.306 e. The molecule has 0 spiro atoms. The predicted octanol–water partition coefficient (Wildman–Crippen LogP) is 2.23. The monoisotopic (exact) mass is 273 g/mol. The van der Waals surface area contributed by atoms with Crippen molar-refractivity contribution in [1.29, 1.82) is 0 Å². The van der Waals surface area contributed by atoms with E-state index >= 15 is 0 Å². The highest BCUT2D eigenvalue weighted by atomic mass is 16.4. The van der Waals surface area contributed by atoms with Gasteiger partial charge in [-0.3, -0.25) is 9.59 Å². The second-order valence-electron chi connectivity index (χ2n) is 5.25. The summed E-state index contributed by atoms with van der Waals surface area (Å²) in [4.78, 5) is 24.7. The average Bonchev–Trinajstić information content (AvgIpc) is 2.80. The Balaban J connectivity index is 1.70. The number of nitrogens with zero attached hydrogens (tertiary/aromatic N) is 1. The van der Waals surface area contributed by atoms with Crippen LogP contribution in [0.25, 0.3) is 11.0 Å². The molecule has 1 aliphatic heterocycles. The molecule has 0 saturated carbocycles. The molecule has 20 heavy (non-hydrogen) atoms. The highest BCUT2D eigenvalue weighted by Crippen LogP contribution is 2.27. The molecule has 0 aliphatic carbocycles. The third kappa shape index (κ3) is 2.05. The SMILES string of the molecule is CC(C(=O)O)C1CN(C(=O)c2cc3ccccc3o2)C1. The first-order valence-electron chi connectivity index (χ1n) is 6.57. The number of carbonyl (C=O) groups is 2. The summed E-state index contributed by atoms with van der Waals surface area (Å²) in [6.07, 6.45) is 0. The molecule has 1 aliphatic rings. The van der Waals surface area contributed by atoms with Crippen molar-refractivity contribution in [2.45, 2.75) is 6.92 Å². The quantitative estimate of drug-likeness (QED) is 0.930. The Morgan fingerprint density at radius 3 is 2.70 bits per heavy atom. The fourth-order valence-corrected chi connectivity index (χ4v) is 2.44. The number of amides is 1. The van der Waals surface area contributed by atoms with E-state index < -0.39 is 11.9 Å². The second kappa shape index (κ2) is 4.67. The predicted molar refractivity (Wildman–Crippen MR) is 72.4 cm³/mol. The zero-order valence-corrected chi connectivity index (χ0v) is 11.1. The molecular weight excluding hydrogens is 258 g/mol. The number of benzene rings is 1. The first-order valence-corrected chi connectivity index (χ1v) is 6.57. The van der Waals surface area contributed by atoms with Crippen molar-refractivity contribution in [3.05, 3.63) is 36.1 Å². The van der Waals surface area contributed by atoms with Crippen LogP contribution >= 0.6 is 0 Å². The largest absolute Gasteiger partial charge is 0.481 e. The van der Waals surface area contributed by atoms with Gasteiger partial charge in [-0.2, -0.15) is 0 Å². The fourth-order valence-electron chi connectivity index (χ4n) is 2.44. The molecule has 1 aromatic heterocycles. The Labute approximate surface area is 115 Å². The second-order valence-corrected chi connectivity index (χ2v) is 5.25. The number of carbonyl (C=O) groups excluding carboxylic acids is 1. The molecule has 0 bridgehead atoms. The average molecular weight is 273 g/mol. The van der Waals surface area contributed by atoms with Crippen molar-refractivity contribution in [3.8, 4) is 0 Å². The summed E-state index contributed by atoms with van der Waals surface area (Å²) in [6, 6.07) is 9.18. The van der Waals surface area contributed by atoms with Gasteiger partial charge in [0.15, 0.2) is 5.76 Å². The number of hydrogen-bond donors (Lipinski definition) is 1. The molecule has 5 nitrogen and oxygen atoms in total. The lowest BCUT2D eigenvalue weighted by molar-refractivity contribution is -0.144. The van der Waals surface area contributed by atoms with Gasteiger partial charge in [0, 0.05) is 24.4 Å². The molecule has 3 rings (SSSR count). The van der Waals surface area contributed by atoms with Gasteiger partial charge in [-0.15, -0.1) is 0 Å². The van der Waals surface area contributed by atoms with Crippen LogP contribution < -0.4 is 0 Å². The molecule has 5 heteroatoms. The van der Waals surface area contributed by atoms with Gasteiger partial charge in [0.2, 0.25) is 0 Å². The normalized spacial score (nSPS) is 16.9. The van der Waals surface area contributed by atoms with Crippen molar-refractivity contribution < 1.29 is 19.1 Å². The molecule has 1 amide bonds. The first-order chi connectivity index (χ1) is 9.56. The van der Waals surface area contributed by atoms with Crippen molar-refractivity contribution in [2.24, 2.45) is 11.8 Å². The van der Waals surface area contributed by atoms with Crippen molar-refractivity contribution >= 4 is 22.8 Å². The van der Waals surface area contributed by atoms with Crippen LogP contribution in [-0.4, -0.2) is 35.0 Å². The summed E-state index contributed by atoms with van der Waals surface area (Å²) < 4.78 is 5.52. The maximum atomic E-state index is 12.2. The Kier molecular flexibility index (Phi) is 2.97. The number of para-hydroxylation sites is 1. The highest BCUT2D eigenvalue weighted by molar-refractivity contribution is 5.96. The minimum Gasteiger partial charge on any atom is -0.481 e. The van der Waals surface area contributed by atoms with E-state index in [-0.39, 0.29) is 11.8 Å². The molecule has 1 N–H and O–H groups in total. The number of likely N-dealkylation sites (tertiary alicyclic amines) is 1. The number of rotatable bonds is 3. The summed E-state index contributed by atoms with van der Waals surface area (Å²) in [6.45, 7) is 2.63. The van der Waals surface area contributed by atoms with Crippen molar-refractivity contribution in [2.75, 3.05) is 13.1 Å². The number of fused-ring (bicyclic) bond motifs is 1. The Morgan fingerprint density at radius 1 is 1.35 bits per heavy atom. The minimum atomic E-state index is -0.814. The van der Waals surface area contributed by atoms with Crippen LogP contribution in [0.5, 0.6) is 0 Å². The Hall–Kier alpha value is -2.30. The fraction of sp³-hybridized carbons (Fsp3) is 0.333.